The minimum atomic E-state index is -0.396. The fourth-order valence-electron chi connectivity index (χ4n) is 1.48. The number of amides is 1. The lowest BCUT2D eigenvalue weighted by atomic mass is 10.3. The molecule has 2 rings (SSSR count). The van der Waals surface area contributed by atoms with Gasteiger partial charge in [-0.15, -0.1) is 0 Å². The molecule has 0 aliphatic carbocycles. The lowest BCUT2D eigenvalue weighted by Gasteiger charge is -2.08. The predicted molar refractivity (Wildman–Crippen MR) is 74.3 cm³/mol. The highest BCUT2D eigenvalue weighted by Gasteiger charge is 2.11. The molecule has 0 aliphatic rings. The molecule has 2 aromatic rings. The van der Waals surface area contributed by atoms with E-state index in [0.29, 0.717) is 23.1 Å². The van der Waals surface area contributed by atoms with Crippen molar-refractivity contribution in [2.75, 3.05) is 11.9 Å². The summed E-state index contributed by atoms with van der Waals surface area (Å²) in [6.07, 6.45) is 0. The zero-order chi connectivity index (χ0) is 13.8. The Kier molecular flexibility index (Phi) is 4.35. The van der Waals surface area contributed by atoms with Crippen LogP contribution in [-0.4, -0.2) is 12.5 Å². The molecule has 6 heteroatoms. The summed E-state index contributed by atoms with van der Waals surface area (Å²) >= 11 is 11.6. The molecule has 0 bridgehead atoms. The molecule has 0 fully saturated rings. The molecular formula is C13H11Cl2NO3. The van der Waals surface area contributed by atoms with Crippen LogP contribution in [0.2, 0.25) is 10.2 Å². The number of rotatable bonds is 4. The van der Waals surface area contributed by atoms with Crippen LogP contribution < -0.4 is 10.1 Å². The zero-order valence-corrected chi connectivity index (χ0v) is 11.6. The monoisotopic (exact) mass is 299 g/mol. The van der Waals surface area contributed by atoms with Gasteiger partial charge in [0.25, 0.3) is 5.91 Å². The molecule has 0 radical (unpaired) electrons. The Morgan fingerprint density at radius 3 is 2.68 bits per heavy atom. The van der Waals surface area contributed by atoms with Gasteiger partial charge in [-0.05, 0) is 48.9 Å². The molecule has 100 valence electrons. The van der Waals surface area contributed by atoms with E-state index in [2.05, 4.69) is 5.32 Å². The Morgan fingerprint density at radius 1 is 1.32 bits per heavy atom. The summed E-state index contributed by atoms with van der Waals surface area (Å²) in [5.74, 6) is 0.311. The first-order valence-corrected chi connectivity index (χ1v) is 6.34. The minimum Gasteiger partial charge on any atom is -0.492 e. The predicted octanol–water partition coefficient (Wildman–Crippen LogP) is 4.24. The number of hydrogen-bond acceptors (Lipinski definition) is 3. The molecule has 0 aliphatic heterocycles. The molecule has 0 saturated carbocycles. The van der Waals surface area contributed by atoms with Crippen LogP contribution in [0, 0.1) is 0 Å². The summed E-state index contributed by atoms with van der Waals surface area (Å²) in [5, 5.41) is 3.24. The molecule has 0 atom stereocenters. The van der Waals surface area contributed by atoms with Crippen molar-refractivity contribution in [2.45, 2.75) is 6.92 Å². The summed E-state index contributed by atoms with van der Waals surface area (Å²) in [7, 11) is 0. The summed E-state index contributed by atoms with van der Waals surface area (Å²) in [6, 6.07) is 7.99. The second-order valence-electron chi connectivity index (χ2n) is 3.64. The van der Waals surface area contributed by atoms with E-state index in [4.69, 9.17) is 32.4 Å². The summed E-state index contributed by atoms with van der Waals surface area (Å²) in [4.78, 5) is 11.8. The van der Waals surface area contributed by atoms with Crippen molar-refractivity contribution >= 4 is 34.8 Å². The number of anilines is 1. The van der Waals surface area contributed by atoms with Crippen LogP contribution in [0.5, 0.6) is 5.75 Å². The van der Waals surface area contributed by atoms with Gasteiger partial charge in [0.05, 0.1) is 11.6 Å². The van der Waals surface area contributed by atoms with Crippen molar-refractivity contribution in [3.05, 3.63) is 46.3 Å². The molecule has 0 spiro atoms. The van der Waals surface area contributed by atoms with Crippen molar-refractivity contribution in [2.24, 2.45) is 0 Å². The maximum absolute atomic E-state index is 11.8. The molecular weight excluding hydrogens is 289 g/mol. The number of ether oxygens (including phenoxy) is 1. The highest BCUT2D eigenvalue weighted by molar-refractivity contribution is 6.32. The number of nitrogens with one attached hydrogen (secondary N) is 1. The number of halogens is 2. The van der Waals surface area contributed by atoms with Crippen LogP contribution in [0.3, 0.4) is 0 Å². The van der Waals surface area contributed by atoms with E-state index < -0.39 is 5.91 Å². The smallest absolute Gasteiger partial charge is 0.291 e. The van der Waals surface area contributed by atoms with Crippen LogP contribution in [0.1, 0.15) is 17.5 Å². The number of hydrogen-bond donors (Lipinski definition) is 1. The van der Waals surface area contributed by atoms with Gasteiger partial charge in [-0.25, -0.2) is 0 Å². The second-order valence-corrected chi connectivity index (χ2v) is 4.42. The Balaban J connectivity index is 2.11. The maximum atomic E-state index is 11.8. The Hall–Kier alpha value is -1.65. The third-order valence-corrected chi connectivity index (χ3v) is 2.79. The lowest BCUT2D eigenvalue weighted by molar-refractivity contribution is 0.0997. The fourth-order valence-corrected chi connectivity index (χ4v) is 1.86. The van der Waals surface area contributed by atoms with E-state index in [0.717, 1.165) is 0 Å². The van der Waals surface area contributed by atoms with Gasteiger partial charge in [0, 0.05) is 5.69 Å². The number of benzene rings is 1. The van der Waals surface area contributed by atoms with E-state index in [1.165, 1.54) is 12.1 Å². The normalized spacial score (nSPS) is 10.3. The summed E-state index contributed by atoms with van der Waals surface area (Å²) in [6.45, 7) is 2.39. The minimum absolute atomic E-state index is 0.134. The van der Waals surface area contributed by atoms with Crippen LogP contribution in [0.25, 0.3) is 0 Å². The number of carbonyl (C=O) groups is 1. The lowest BCUT2D eigenvalue weighted by Crippen LogP contribution is -2.10. The van der Waals surface area contributed by atoms with Gasteiger partial charge < -0.3 is 14.5 Å². The van der Waals surface area contributed by atoms with Gasteiger partial charge >= 0.3 is 0 Å². The Morgan fingerprint density at radius 2 is 2.11 bits per heavy atom. The topological polar surface area (TPSA) is 51.5 Å². The van der Waals surface area contributed by atoms with Gasteiger partial charge in [-0.2, -0.15) is 0 Å². The van der Waals surface area contributed by atoms with Gasteiger partial charge in [0.2, 0.25) is 0 Å². The second kappa shape index (κ2) is 5.99. The third-order valence-electron chi connectivity index (χ3n) is 2.29. The molecule has 1 aromatic heterocycles. The molecule has 0 unspecified atom stereocenters. The first-order valence-electron chi connectivity index (χ1n) is 5.59. The van der Waals surface area contributed by atoms with Crippen LogP contribution in [0.15, 0.2) is 34.7 Å². The largest absolute Gasteiger partial charge is 0.492 e. The van der Waals surface area contributed by atoms with Crippen molar-refractivity contribution < 1.29 is 13.9 Å². The molecule has 1 N–H and O–H groups in total. The van der Waals surface area contributed by atoms with Crippen molar-refractivity contribution in [1.29, 1.82) is 0 Å². The number of furan rings is 1. The van der Waals surface area contributed by atoms with Crippen LogP contribution in [0.4, 0.5) is 5.69 Å². The first-order chi connectivity index (χ1) is 9.10. The molecule has 1 aromatic carbocycles. The quantitative estimate of drug-likeness (QED) is 0.919. The maximum Gasteiger partial charge on any atom is 0.291 e. The SMILES string of the molecule is CCOc1ccc(NC(=O)c2ccc(Cl)o2)cc1Cl. The van der Waals surface area contributed by atoms with Crippen molar-refractivity contribution in [3.63, 3.8) is 0 Å². The van der Waals surface area contributed by atoms with Crippen molar-refractivity contribution in [3.8, 4) is 5.75 Å². The third kappa shape index (κ3) is 3.43. The van der Waals surface area contributed by atoms with Gasteiger partial charge in [-0.1, -0.05) is 11.6 Å². The van der Waals surface area contributed by atoms with Gasteiger partial charge in [-0.3, -0.25) is 4.79 Å². The molecule has 1 heterocycles. The van der Waals surface area contributed by atoms with Gasteiger partial charge in [0.1, 0.15) is 5.75 Å². The average Bonchev–Trinajstić information content (AvgIpc) is 2.80. The highest BCUT2D eigenvalue weighted by atomic mass is 35.5. The fraction of sp³-hybridized carbons (Fsp3) is 0.154. The first kappa shape index (κ1) is 13.8. The molecule has 4 nitrogen and oxygen atoms in total. The van der Waals surface area contributed by atoms with Crippen LogP contribution >= 0.6 is 23.2 Å². The Bertz CT molecular complexity index is 595. The molecule has 19 heavy (non-hydrogen) atoms. The molecule has 0 saturated heterocycles. The van der Waals surface area contributed by atoms with E-state index >= 15 is 0 Å². The van der Waals surface area contributed by atoms with Gasteiger partial charge in [0.15, 0.2) is 11.0 Å². The van der Waals surface area contributed by atoms with E-state index in [1.807, 2.05) is 6.92 Å². The number of carbonyl (C=O) groups excluding carboxylic acids is 1. The average molecular weight is 300 g/mol. The van der Waals surface area contributed by atoms with E-state index in [1.54, 1.807) is 18.2 Å². The van der Waals surface area contributed by atoms with E-state index in [9.17, 15) is 4.79 Å². The van der Waals surface area contributed by atoms with Crippen molar-refractivity contribution in [1.82, 2.24) is 0 Å². The zero-order valence-electron chi connectivity index (χ0n) is 10.1. The standard InChI is InChI=1S/C13H11Cl2NO3/c1-2-18-10-4-3-8(7-9(10)14)16-13(17)11-5-6-12(15)19-11/h3-7H,2H2,1H3,(H,16,17). The Labute approximate surface area is 120 Å². The van der Waals surface area contributed by atoms with E-state index in [-0.39, 0.29) is 11.0 Å². The molecule has 1 amide bonds. The highest BCUT2D eigenvalue weighted by Crippen LogP contribution is 2.28. The van der Waals surface area contributed by atoms with Crippen LogP contribution in [-0.2, 0) is 0 Å². The summed E-state index contributed by atoms with van der Waals surface area (Å²) in [5.41, 5.74) is 0.547. The summed E-state index contributed by atoms with van der Waals surface area (Å²) < 4.78 is 10.3.